The molecule has 138 valence electrons. The molecule has 0 spiro atoms. The van der Waals surface area contributed by atoms with Crippen molar-refractivity contribution in [2.75, 3.05) is 18.4 Å². The molecule has 0 saturated carbocycles. The van der Waals surface area contributed by atoms with Gasteiger partial charge in [0.25, 0.3) is 5.56 Å². The van der Waals surface area contributed by atoms with E-state index in [1.807, 2.05) is 60.4 Å². The van der Waals surface area contributed by atoms with Crippen LogP contribution in [-0.2, 0) is 0 Å². The van der Waals surface area contributed by atoms with E-state index in [2.05, 4.69) is 10.3 Å². The molecule has 2 amide bonds. The second-order valence-corrected chi connectivity index (χ2v) is 6.94. The predicted molar refractivity (Wildman–Crippen MR) is 106 cm³/mol. The highest BCUT2D eigenvalue weighted by atomic mass is 16.2. The van der Waals surface area contributed by atoms with E-state index in [0.29, 0.717) is 24.0 Å². The Morgan fingerprint density at radius 1 is 1.07 bits per heavy atom. The van der Waals surface area contributed by atoms with E-state index in [4.69, 9.17) is 0 Å². The van der Waals surface area contributed by atoms with Gasteiger partial charge in [0.05, 0.1) is 17.2 Å². The van der Waals surface area contributed by atoms with E-state index >= 15 is 0 Å². The number of likely N-dealkylation sites (tertiary alicyclic amines) is 1. The highest BCUT2D eigenvalue weighted by molar-refractivity contribution is 5.90. The molecule has 1 aliphatic heterocycles. The van der Waals surface area contributed by atoms with Crippen molar-refractivity contribution in [2.24, 2.45) is 0 Å². The molecule has 27 heavy (non-hydrogen) atoms. The average Bonchev–Trinajstić information content (AvgIpc) is 2.70. The molecular weight excluding hydrogens is 340 g/mol. The highest BCUT2D eigenvalue weighted by Gasteiger charge is 2.25. The number of carbonyl (C=O) groups excluding carboxylic acids is 1. The molecule has 0 unspecified atom stereocenters. The molecule has 3 aromatic rings. The molecule has 1 aliphatic rings. The summed E-state index contributed by atoms with van der Waals surface area (Å²) in [5.41, 5.74) is 2.58. The van der Waals surface area contributed by atoms with E-state index < -0.39 is 0 Å². The van der Waals surface area contributed by atoms with E-state index in [0.717, 1.165) is 24.1 Å². The number of carbonyl (C=O) groups is 1. The van der Waals surface area contributed by atoms with Crippen molar-refractivity contribution in [3.63, 3.8) is 0 Å². The summed E-state index contributed by atoms with van der Waals surface area (Å²) in [6.07, 6.45) is 3.11. The van der Waals surface area contributed by atoms with E-state index in [-0.39, 0.29) is 17.6 Å². The molecule has 1 N–H and O–H groups in total. The number of hydrogen-bond donors (Lipinski definition) is 1. The largest absolute Gasteiger partial charge is 0.324 e. The van der Waals surface area contributed by atoms with E-state index in [1.54, 1.807) is 10.9 Å². The molecule has 2 aromatic carbocycles. The molecule has 1 saturated heterocycles. The van der Waals surface area contributed by atoms with Crippen LogP contribution in [-0.4, -0.2) is 33.6 Å². The number of nitrogens with zero attached hydrogens (tertiary/aromatic N) is 3. The third-order valence-corrected chi connectivity index (χ3v) is 5.22. The van der Waals surface area contributed by atoms with Crippen molar-refractivity contribution in [2.45, 2.75) is 25.8 Å². The number of urea groups is 1. The Bertz CT molecular complexity index is 1040. The number of anilines is 1. The number of aromatic nitrogens is 2. The summed E-state index contributed by atoms with van der Waals surface area (Å²) in [7, 11) is 0. The van der Waals surface area contributed by atoms with Crippen molar-refractivity contribution in [3.05, 3.63) is 70.8 Å². The van der Waals surface area contributed by atoms with Gasteiger partial charge in [0.15, 0.2) is 0 Å². The average molecular weight is 362 g/mol. The van der Waals surface area contributed by atoms with Crippen LogP contribution in [0.25, 0.3) is 10.9 Å². The standard InChI is InChI=1S/C21H22N4O2/c1-15-6-2-4-8-18(15)23-21(27)24-12-10-16(11-13-24)25-14-22-19-9-5-3-7-17(19)20(25)26/h2-9,14,16H,10-13H2,1H3,(H,23,27). The third kappa shape index (κ3) is 3.43. The first kappa shape index (κ1) is 17.3. The van der Waals surface area contributed by atoms with E-state index in [1.165, 1.54) is 0 Å². The number of rotatable bonds is 2. The summed E-state index contributed by atoms with van der Waals surface area (Å²) in [6.45, 7) is 3.20. The molecule has 4 rings (SSSR count). The lowest BCUT2D eigenvalue weighted by molar-refractivity contribution is 0.182. The van der Waals surface area contributed by atoms with E-state index in [9.17, 15) is 9.59 Å². The van der Waals surface area contributed by atoms with Gasteiger partial charge in [0.2, 0.25) is 0 Å². The number of nitrogens with one attached hydrogen (secondary N) is 1. The maximum atomic E-state index is 12.8. The number of amides is 2. The van der Waals surface area contributed by atoms with Gasteiger partial charge >= 0.3 is 6.03 Å². The zero-order valence-corrected chi connectivity index (χ0v) is 15.3. The molecule has 1 fully saturated rings. The van der Waals surface area contributed by atoms with Gasteiger partial charge in [-0.3, -0.25) is 9.36 Å². The predicted octanol–water partition coefficient (Wildman–Crippen LogP) is 3.57. The molecule has 0 aliphatic carbocycles. The second kappa shape index (κ2) is 7.23. The summed E-state index contributed by atoms with van der Waals surface area (Å²) in [4.78, 5) is 31.5. The molecule has 0 radical (unpaired) electrons. The van der Waals surface area contributed by atoms with Crippen LogP contribution < -0.4 is 10.9 Å². The first-order valence-electron chi connectivity index (χ1n) is 9.21. The number of piperidine rings is 1. The van der Waals surface area contributed by atoms with Crippen molar-refractivity contribution in [3.8, 4) is 0 Å². The van der Waals surface area contributed by atoms with Crippen LogP contribution in [0.3, 0.4) is 0 Å². The minimum absolute atomic E-state index is 0.0107. The Morgan fingerprint density at radius 3 is 2.56 bits per heavy atom. The second-order valence-electron chi connectivity index (χ2n) is 6.94. The van der Waals surface area contributed by atoms with Gasteiger partial charge in [0.1, 0.15) is 0 Å². The fourth-order valence-corrected chi connectivity index (χ4v) is 3.60. The lowest BCUT2D eigenvalue weighted by atomic mass is 10.0. The number of hydrogen-bond acceptors (Lipinski definition) is 3. The normalized spacial score (nSPS) is 15.1. The van der Waals surface area contributed by atoms with Crippen LogP contribution in [0, 0.1) is 6.92 Å². The summed E-state index contributed by atoms with van der Waals surface area (Å²) in [5.74, 6) is 0. The van der Waals surface area contributed by atoms with Crippen molar-refractivity contribution < 1.29 is 4.79 Å². The number of aryl methyl sites for hydroxylation is 1. The van der Waals surface area contributed by atoms with Gasteiger partial charge in [-0.2, -0.15) is 0 Å². The lowest BCUT2D eigenvalue weighted by Gasteiger charge is -2.33. The maximum absolute atomic E-state index is 12.8. The van der Waals surface area contributed by atoms with Crippen LogP contribution in [0.15, 0.2) is 59.7 Å². The quantitative estimate of drug-likeness (QED) is 0.758. The number of fused-ring (bicyclic) bond motifs is 1. The van der Waals surface area contributed by atoms with Crippen LogP contribution in [0.4, 0.5) is 10.5 Å². The van der Waals surface area contributed by atoms with Crippen molar-refractivity contribution in [1.29, 1.82) is 0 Å². The number of para-hydroxylation sites is 2. The van der Waals surface area contributed by atoms with Crippen molar-refractivity contribution >= 4 is 22.6 Å². The summed E-state index contributed by atoms with van der Waals surface area (Å²) < 4.78 is 1.72. The molecule has 2 heterocycles. The molecule has 0 bridgehead atoms. The third-order valence-electron chi connectivity index (χ3n) is 5.22. The molecule has 6 nitrogen and oxygen atoms in total. The monoisotopic (exact) mass is 362 g/mol. The van der Waals surface area contributed by atoms with Crippen LogP contribution in [0.1, 0.15) is 24.4 Å². The Hall–Kier alpha value is -3.15. The zero-order chi connectivity index (χ0) is 18.8. The van der Waals surface area contributed by atoms with Gasteiger partial charge in [-0.1, -0.05) is 30.3 Å². The smallest absolute Gasteiger partial charge is 0.321 e. The molecule has 0 atom stereocenters. The summed E-state index contributed by atoms with van der Waals surface area (Å²) in [5, 5.41) is 3.61. The van der Waals surface area contributed by atoms with Crippen LogP contribution in [0.5, 0.6) is 0 Å². The first-order chi connectivity index (χ1) is 13.1. The van der Waals surface area contributed by atoms with Gasteiger partial charge in [-0.05, 0) is 43.5 Å². The van der Waals surface area contributed by atoms with Gasteiger partial charge in [-0.25, -0.2) is 9.78 Å². The minimum atomic E-state index is -0.0910. The highest BCUT2D eigenvalue weighted by Crippen LogP contribution is 2.23. The fourth-order valence-electron chi connectivity index (χ4n) is 3.60. The Morgan fingerprint density at radius 2 is 1.78 bits per heavy atom. The van der Waals surface area contributed by atoms with Gasteiger partial charge < -0.3 is 10.2 Å². The SMILES string of the molecule is Cc1ccccc1NC(=O)N1CCC(n2cnc3ccccc3c2=O)CC1. The Balaban J connectivity index is 1.45. The molecule has 6 heteroatoms. The molecular formula is C21H22N4O2. The van der Waals surface area contributed by atoms with Crippen molar-refractivity contribution in [1.82, 2.24) is 14.5 Å². The fraction of sp³-hybridized carbons (Fsp3) is 0.286. The zero-order valence-electron chi connectivity index (χ0n) is 15.3. The minimum Gasteiger partial charge on any atom is -0.324 e. The summed E-state index contributed by atoms with van der Waals surface area (Å²) >= 11 is 0. The van der Waals surface area contributed by atoms with Gasteiger partial charge in [0, 0.05) is 24.8 Å². The number of benzene rings is 2. The Kier molecular flexibility index (Phi) is 4.62. The van der Waals surface area contributed by atoms with Gasteiger partial charge in [-0.15, -0.1) is 0 Å². The Labute approximate surface area is 157 Å². The topological polar surface area (TPSA) is 67.2 Å². The maximum Gasteiger partial charge on any atom is 0.321 e. The van der Waals surface area contributed by atoms with Crippen LogP contribution in [0.2, 0.25) is 0 Å². The summed E-state index contributed by atoms with van der Waals surface area (Å²) in [6, 6.07) is 15.1. The van der Waals surface area contributed by atoms with Crippen LogP contribution >= 0.6 is 0 Å². The molecule has 1 aromatic heterocycles. The lowest BCUT2D eigenvalue weighted by Crippen LogP contribution is -2.42. The first-order valence-corrected chi connectivity index (χ1v) is 9.21.